The van der Waals surface area contributed by atoms with Crippen LogP contribution in [0.15, 0.2) is 42.7 Å². The minimum Gasteiger partial charge on any atom is -0.293 e. The molecule has 19 heavy (non-hydrogen) atoms. The number of carbonyl (C=O) groups is 2. The molecule has 0 saturated heterocycles. The first-order valence-electron chi connectivity index (χ1n) is 6.21. The number of benzene rings is 1. The lowest BCUT2D eigenvalue weighted by Gasteiger charge is -2.21. The molecular weight excluding hydrogens is 240 g/mol. The molecule has 1 aliphatic rings. The molecule has 4 heteroatoms. The van der Waals surface area contributed by atoms with Gasteiger partial charge in [-0.15, -0.1) is 0 Å². The van der Waals surface area contributed by atoms with E-state index < -0.39 is 5.92 Å². The van der Waals surface area contributed by atoms with Gasteiger partial charge in [-0.3, -0.25) is 9.59 Å². The fourth-order valence-electron chi connectivity index (χ4n) is 2.43. The average Bonchev–Trinajstić information content (AvgIpc) is 2.48. The van der Waals surface area contributed by atoms with Crippen molar-refractivity contribution in [3.8, 4) is 0 Å². The molecule has 0 saturated carbocycles. The minimum atomic E-state index is -0.641. The van der Waals surface area contributed by atoms with Gasteiger partial charge in [-0.05, 0) is 24.5 Å². The third-order valence-electron chi connectivity index (χ3n) is 3.40. The van der Waals surface area contributed by atoms with Gasteiger partial charge in [0.25, 0.3) is 0 Å². The van der Waals surface area contributed by atoms with Gasteiger partial charge < -0.3 is 0 Å². The van der Waals surface area contributed by atoms with Gasteiger partial charge in [0, 0.05) is 18.0 Å². The zero-order valence-corrected chi connectivity index (χ0v) is 10.2. The second-order valence-corrected chi connectivity index (χ2v) is 4.55. The molecule has 0 aliphatic heterocycles. The molecule has 1 aromatic heterocycles. The third kappa shape index (κ3) is 2.05. The van der Waals surface area contributed by atoms with Crippen molar-refractivity contribution in [2.75, 3.05) is 0 Å². The molecule has 1 aromatic carbocycles. The molecule has 1 unspecified atom stereocenters. The largest absolute Gasteiger partial charge is 0.293 e. The van der Waals surface area contributed by atoms with Crippen molar-refractivity contribution in [1.29, 1.82) is 0 Å². The zero-order chi connectivity index (χ0) is 13.2. The van der Waals surface area contributed by atoms with E-state index in [9.17, 15) is 9.59 Å². The van der Waals surface area contributed by atoms with E-state index >= 15 is 0 Å². The Morgan fingerprint density at radius 2 is 1.84 bits per heavy atom. The first kappa shape index (κ1) is 11.7. The van der Waals surface area contributed by atoms with Crippen molar-refractivity contribution >= 4 is 11.6 Å². The quantitative estimate of drug-likeness (QED) is 0.606. The van der Waals surface area contributed by atoms with Crippen LogP contribution < -0.4 is 0 Å². The Bertz CT molecular complexity index is 638. The van der Waals surface area contributed by atoms with Crippen molar-refractivity contribution in [1.82, 2.24) is 9.97 Å². The number of aromatic nitrogens is 2. The van der Waals surface area contributed by atoms with Crippen LogP contribution in [0.3, 0.4) is 0 Å². The van der Waals surface area contributed by atoms with Gasteiger partial charge in [0.1, 0.15) is 0 Å². The molecule has 0 radical (unpaired) electrons. The lowest BCUT2D eigenvalue weighted by Crippen LogP contribution is -2.30. The maximum Gasteiger partial charge on any atom is 0.210 e. The number of nitrogens with zero attached hydrogens (tertiary/aromatic N) is 2. The Labute approximate surface area is 110 Å². The molecule has 2 aromatic rings. The maximum absolute atomic E-state index is 12.4. The summed E-state index contributed by atoms with van der Waals surface area (Å²) in [7, 11) is 0. The highest BCUT2D eigenvalue weighted by molar-refractivity contribution is 6.16. The van der Waals surface area contributed by atoms with Crippen LogP contribution in [-0.2, 0) is 6.42 Å². The van der Waals surface area contributed by atoms with Crippen LogP contribution in [0.5, 0.6) is 0 Å². The molecule has 1 atom stereocenters. The van der Waals surface area contributed by atoms with Gasteiger partial charge in [0.15, 0.2) is 11.6 Å². The molecule has 0 bridgehead atoms. The van der Waals surface area contributed by atoms with Crippen LogP contribution >= 0.6 is 0 Å². The predicted molar refractivity (Wildman–Crippen MR) is 68.9 cm³/mol. The number of ketones is 2. The number of fused-ring (bicyclic) bond motifs is 1. The van der Waals surface area contributed by atoms with Crippen molar-refractivity contribution < 1.29 is 9.59 Å². The first-order valence-corrected chi connectivity index (χ1v) is 6.21. The lowest BCUT2D eigenvalue weighted by molar-refractivity contribution is 0.0784. The van der Waals surface area contributed by atoms with E-state index in [1.165, 1.54) is 12.4 Å². The Balaban J connectivity index is 1.93. The Kier molecular flexibility index (Phi) is 2.91. The number of carbonyl (C=O) groups excluding carboxylic acids is 2. The highest BCUT2D eigenvalue weighted by atomic mass is 16.2. The summed E-state index contributed by atoms with van der Waals surface area (Å²) in [4.78, 5) is 32.5. The number of hydrogen-bond donors (Lipinski definition) is 0. The number of Topliss-reactive ketones (excluding diaryl/α,β-unsaturated/α-hetero) is 2. The molecule has 1 heterocycles. The summed E-state index contributed by atoms with van der Waals surface area (Å²) in [6, 6.07) is 9.10. The summed E-state index contributed by atoms with van der Waals surface area (Å²) < 4.78 is 0. The van der Waals surface area contributed by atoms with Crippen LogP contribution in [0.25, 0.3) is 0 Å². The molecule has 94 valence electrons. The van der Waals surface area contributed by atoms with Gasteiger partial charge in [-0.25, -0.2) is 9.97 Å². The summed E-state index contributed by atoms with van der Waals surface area (Å²) in [6.45, 7) is 0. The molecule has 0 N–H and O–H groups in total. The van der Waals surface area contributed by atoms with Crippen LogP contribution in [0.2, 0.25) is 0 Å². The van der Waals surface area contributed by atoms with E-state index in [2.05, 4.69) is 9.97 Å². The Morgan fingerprint density at radius 1 is 1.11 bits per heavy atom. The SMILES string of the molecule is O=C(c1ncccn1)C1CCc2ccccc2C1=O. The van der Waals surface area contributed by atoms with Gasteiger partial charge in [-0.2, -0.15) is 0 Å². The van der Waals surface area contributed by atoms with Crippen molar-refractivity contribution in [3.05, 3.63) is 59.7 Å². The Morgan fingerprint density at radius 3 is 2.63 bits per heavy atom. The summed E-state index contributed by atoms with van der Waals surface area (Å²) >= 11 is 0. The second kappa shape index (κ2) is 4.72. The zero-order valence-electron chi connectivity index (χ0n) is 10.2. The van der Waals surface area contributed by atoms with E-state index in [-0.39, 0.29) is 17.4 Å². The van der Waals surface area contributed by atoms with Gasteiger partial charge in [0.2, 0.25) is 5.78 Å². The van der Waals surface area contributed by atoms with Crippen LogP contribution in [0.1, 0.15) is 33.0 Å². The van der Waals surface area contributed by atoms with E-state index in [1.54, 1.807) is 12.1 Å². The van der Waals surface area contributed by atoms with E-state index in [0.29, 0.717) is 12.0 Å². The minimum absolute atomic E-state index is 0.112. The predicted octanol–water partition coefficient (Wildman–Crippen LogP) is 2.10. The number of rotatable bonds is 2. The fraction of sp³-hybridized carbons (Fsp3) is 0.200. The highest BCUT2D eigenvalue weighted by Crippen LogP contribution is 2.27. The highest BCUT2D eigenvalue weighted by Gasteiger charge is 2.34. The summed E-state index contributed by atoms with van der Waals surface area (Å²) in [6.07, 6.45) is 4.31. The molecule has 1 aliphatic carbocycles. The summed E-state index contributed by atoms with van der Waals surface area (Å²) in [5.41, 5.74) is 1.67. The topological polar surface area (TPSA) is 59.9 Å². The van der Waals surface area contributed by atoms with Crippen LogP contribution in [0.4, 0.5) is 0 Å². The number of aryl methyl sites for hydroxylation is 1. The maximum atomic E-state index is 12.4. The number of hydrogen-bond acceptors (Lipinski definition) is 4. The molecule has 0 spiro atoms. The normalized spacial score (nSPS) is 17.9. The average molecular weight is 252 g/mol. The van der Waals surface area contributed by atoms with E-state index in [0.717, 1.165) is 12.0 Å². The third-order valence-corrected chi connectivity index (χ3v) is 3.40. The molecule has 0 fully saturated rings. The monoisotopic (exact) mass is 252 g/mol. The lowest BCUT2D eigenvalue weighted by atomic mass is 9.80. The smallest absolute Gasteiger partial charge is 0.210 e. The Hall–Kier alpha value is -2.36. The fourth-order valence-corrected chi connectivity index (χ4v) is 2.43. The summed E-state index contributed by atoms with van der Waals surface area (Å²) in [5.74, 6) is -0.906. The van der Waals surface area contributed by atoms with Gasteiger partial charge in [-0.1, -0.05) is 24.3 Å². The first-order chi connectivity index (χ1) is 9.27. The van der Waals surface area contributed by atoms with Crippen molar-refractivity contribution in [3.63, 3.8) is 0 Å². The molecule has 3 rings (SSSR count). The molecule has 0 amide bonds. The standard InChI is InChI=1S/C15H12N2O2/c18-13-11-5-2-1-4-10(11)6-7-12(13)14(19)15-16-8-3-9-17-15/h1-5,8-9,12H,6-7H2. The van der Waals surface area contributed by atoms with Gasteiger partial charge >= 0.3 is 0 Å². The molecular formula is C15H12N2O2. The van der Waals surface area contributed by atoms with Crippen molar-refractivity contribution in [2.45, 2.75) is 12.8 Å². The van der Waals surface area contributed by atoms with Gasteiger partial charge in [0.05, 0.1) is 5.92 Å². The van der Waals surface area contributed by atoms with Crippen LogP contribution in [-0.4, -0.2) is 21.5 Å². The van der Waals surface area contributed by atoms with E-state index in [1.807, 2.05) is 18.2 Å². The summed E-state index contributed by atoms with van der Waals surface area (Å²) in [5, 5.41) is 0. The second-order valence-electron chi connectivity index (χ2n) is 4.55. The van der Waals surface area contributed by atoms with E-state index in [4.69, 9.17) is 0 Å². The molecule has 4 nitrogen and oxygen atoms in total. The van der Waals surface area contributed by atoms with Crippen molar-refractivity contribution in [2.24, 2.45) is 5.92 Å². The van der Waals surface area contributed by atoms with Crippen LogP contribution in [0, 0.1) is 5.92 Å².